The lowest BCUT2D eigenvalue weighted by Gasteiger charge is -2.35. The predicted molar refractivity (Wildman–Crippen MR) is 260 cm³/mol. The zero-order valence-electron chi connectivity index (χ0n) is 33.4. The Bertz CT molecular complexity index is 3390. The molecule has 0 aliphatic heterocycles. The first-order valence-corrected chi connectivity index (χ1v) is 21.8. The van der Waals surface area contributed by atoms with Gasteiger partial charge in [0.15, 0.2) is 0 Å². The highest BCUT2D eigenvalue weighted by molar-refractivity contribution is 7.25. The largest absolute Gasteiger partial charge is 0.310 e. The second-order valence-corrected chi connectivity index (χ2v) is 17.1. The van der Waals surface area contributed by atoms with Crippen molar-refractivity contribution in [2.75, 3.05) is 4.90 Å². The number of anilines is 3. The van der Waals surface area contributed by atoms with E-state index in [0.29, 0.717) is 0 Å². The molecule has 1 aliphatic carbocycles. The summed E-state index contributed by atoms with van der Waals surface area (Å²) in [6.07, 6.45) is 0. The third kappa shape index (κ3) is 5.60. The van der Waals surface area contributed by atoms with Gasteiger partial charge in [-0.25, -0.2) is 0 Å². The van der Waals surface area contributed by atoms with E-state index in [9.17, 15) is 0 Å². The first kappa shape index (κ1) is 35.4. The Morgan fingerprint density at radius 3 is 1.75 bits per heavy atom. The Labute approximate surface area is 360 Å². The zero-order chi connectivity index (χ0) is 40.3. The number of nitrogens with zero attached hydrogens (tertiary/aromatic N) is 1. The van der Waals surface area contributed by atoms with E-state index in [4.69, 9.17) is 0 Å². The predicted octanol–water partition coefficient (Wildman–Crippen LogP) is 16.4. The maximum absolute atomic E-state index is 2.49. The van der Waals surface area contributed by atoms with Gasteiger partial charge >= 0.3 is 0 Å². The highest BCUT2D eigenvalue weighted by Crippen LogP contribution is 2.57. The van der Waals surface area contributed by atoms with Crippen LogP contribution in [0.1, 0.15) is 22.3 Å². The van der Waals surface area contributed by atoms with Crippen LogP contribution in [0.3, 0.4) is 0 Å². The summed E-state index contributed by atoms with van der Waals surface area (Å²) in [5.74, 6) is 0. The summed E-state index contributed by atoms with van der Waals surface area (Å²) in [5.41, 5.74) is 15.2. The number of para-hydroxylation sites is 1. The molecule has 0 amide bonds. The van der Waals surface area contributed by atoms with Crippen molar-refractivity contribution in [2.45, 2.75) is 5.41 Å². The molecule has 61 heavy (non-hydrogen) atoms. The fourth-order valence-corrected chi connectivity index (χ4v) is 11.2. The van der Waals surface area contributed by atoms with Gasteiger partial charge in [0.05, 0.1) is 11.1 Å². The van der Waals surface area contributed by atoms with E-state index < -0.39 is 5.41 Å². The number of fused-ring (bicyclic) bond motifs is 7. The van der Waals surface area contributed by atoms with Gasteiger partial charge in [-0.15, -0.1) is 11.3 Å². The molecular weight excluding hydrogens is 755 g/mol. The van der Waals surface area contributed by atoms with Gasteiger partial charge in [0.25, 0.3) is 0 Å². The van der Waals surface area contributed by atoms with Crippen LogP contribution in [0.2, 0.25) is 0 Å². The van der Waals surface area contributed by atoms with Crippen molar-refractivity contribution in [3.05, 3.63) is 259 Å². The van der Waals surface area contributed by atoms with E-state index in [0.717, 1.165) is 17.1 Å². The molecule has 0 N–H and O–H groups in total. The van der Waals surface area contributed by atoms with E-state index >= 15 is 0 Å². The summed E-state index contributed by atoms with van der Waals surface area (Å²) < 4.78 is 2.62. The van der Waals surface area contributed by atoms with Crippen molar-refractivity contribution in [1.82, 2.24) is 0 Å². The van der Waals surface area contributed by atoms with Gasteiger partial charge in [-0.05, 0) is 103 Å². The molecule has 0 spiro atoms. The van der Waals surface area contributed by atoms with Crippen molar-refractivity contribution in [3.8, 4) is 33.4 Å². The molecule has 12 rings (SSSR count). The molecule has 1 aliphatic rings. The molecule has 0 atom stereocenters. The average Bonchev–Trinajstić information content (AvgIpc) is 3.85. The van der Waals surface area contributed by atoms with Crippen LogP contribution in [0.25, 0.3) is 64.3 Å². The average molecular weight is 794 g/mol. The molecule has 1 nitrogen and oxygen atoms in total. The van der Waals surface area contributed by atoms with Crippen molar-refractivity contribution in [3.63, 3.8) is 0 Å². The summed E-state index contributed by atoms with van der Waals surface area (Å²) in [7, 11) is 0. The van der Waals surface area contributed by atoms with E-state index in [1.165, 1.54) is 86.6 Å². The van der Waals surface area contributed by atoms with Crippen LogP contribution < -0.4 is 4.90 Å². The molecule has 0 saturated heterocycles. The smallest absolute Gasteiger partial charge is 0.0714 e. The van der Waals surface area contributed by atoms with E-state index in [-0.39, 0.29) is 0 Å². The standard InChI is InChI=1S/C59H39NS/c1-3-20-43(21-4-1)59(44-22-5-2-6-23-44)54-30-12-9-26-49(54)50-36-34-46(39-55(50)59)60(56-31-13-10-27-51(56)48-29-16-18-40-17-7-8-25-47(40)48)45-24-15-19-41(37-45)42-33-35-53-52-28-11-14-32-57(52)61-58(53)38-42/h1-39H. The van der Waals surface area contributed by atoms with Crippen LogP contribution in [0, 0.1) is 0 Å². The van der Waals surface area contributed by atoms with Crippen LogP contribution in [-0.2, 0) is 5.41 Å². The third-order valence-corrected chi connectivity index (χ3v) is 13.9. The summed E-state index contributed by atoms with van der Waals surface area (Å²) in [5, 5.41) is 5.09. The van der Waals surface area contributed by atoms with Gasteiger partial charge < -0.3 is 4.90 Å². The van der Waals surface area contributed by atoms with Crippen molar-refractivity contribution in [1.29, 1.82) is 0 Å². The van der Waals surface area contributed by atoms with E-state index in [2.05, 4.69) is 241 Å². The van der Waals surface area contributed by atoms with Crippen molar-refractivity contribution < 1.29 is 0 Å². The second kappa shape index (κ2) is 14.3. The SMILES string of the molecule is c1ccc(C2(c3ccccc3)c3ccccc3-c3ccc(N(c4cccc(-c5ccc6c(c5)sc5ccccc56)c4)c4ccccc4-c4cccc5ccccc45)cc32)cc1. The molecule has 2 heteroatoms. The number of rotatable bonds is 7. The molecule has 10 aromatic carbocycles. The Morgan fingerprint density at radius 1 is 0.328 bits per heavy atom. The lowest BCUT2D eigenvalue weighted by Crippen LogP contribution is -2.28. The Kier molecular flexibility index (Phi) is 8.33. The van der Waals surface area contributed by atoms with Gasteiger partial charge in [-0.1, -0.05) is 194 Å². The lowest BCUT2D eigenvalue weighted by molar-refractivity contribution is 0.768. The molecule has 0 unspecified atom stereocenters. The van der Waals surface area contributed by atoms with Gasteiger partial charge in [0.2, 0.25) is 0 Å². The highest BCUT2D eigenvalue weighted by atomic mass is 32.1. The normalized spacial score (nSPS) is 12.7. The molecule has 1 aromatic heterocycles. The monoisotopic (exact) mass is 793 g/mol. The summed E-state index contributed by atoms with van der Waals surface area (Å²) >= 11 is 1.87. The maximum Gasteiger partial charge on any atom is 0.0714 e. The Hall–Kier alpha value is -7.52. The minimum atomic E-state index is -0.521. The molecule has 0 fully saturated rings. The van der Waals surface area contributed by atoms with Crippen LogP contribution in [-0.4, -0.2) is 0 Å². The van der Waals surface area contributed by atoms with Crippen LogP contribution >= 0.6 is 11.3 Å². The van der Waals surface area contributed by atoms with E-state index in [1.54, 1.807) is 0 Å². The minimum Gasteiger partial charge on any atom is -0.310 e. The van der Waals surface area contributed by atoms with Crippen molar-refractivity contribution in [2.24, 2.45) is 0 Å². The van der Waals surface area contributed by atoms with Gasteiger partial charge in [-0.3, -0.25) is 0 Å². The summed E-state index contributed by atoms with van der Waals surface area (Å²) in [6.45, 7) is 0. The van der Waals surface area contributed by atoms with Crippen LogP contribution in [0.15, 0.2) is 237 Å². The molecule has 11 aromatic rings. The highest BCUT2D eigenvalue weighted by Gasteiger charge is 2.46. The topological polar surface area (TPSA) is 3.24 Å². The third-order valence-electron chi connectivity index (χ3n) is 12.7. The maximum atomic E-state index is 2.49. The number of thiophene rings is 1. The van der Waals surface area contributed by atoms with Gasteiger partial charge in [0, 0.05) is 37.1 Å². The molecule has 0 bridgehead atoms. The Morgan fingerprint density at radius 2 is 0.918 bits per heavy atom. The van der Waals surface area contributed by atoms with Crippen LogP contribution in [0.5, 0.6) is 0 Å². The number of hydrogen-bond acceptors (Lipinski definition) is 2. The number of benzene rings is 10. The minimum absolute atomic E-state index is 0.521. The summed E-state index contributed by atoms with van der Waals surface area (Å²) in [4.78, 5) is 2.49. The molecular formula is C59H39NS. The van der Waals surface area contributed by atoms with Gasteiger partial charge in [0.1, 0.15) is 0 Å². The first-order chi connectivity index (χ1) is 30.3. The lowest BCUT2D eigenvalue weighted by atomic mass is 9.67. The molecule has 1 heterocycles. The van der Waals surface area contributed by atoms with Gasteiger partial charge in [-0.2, -0.15) is 0 Å². The molecule has 0 radical (unpaired) electrons. The van der Waals surface area contributed by atoms with Crippen molar-refractivity contribution >= 4 is 59.3 Å². The fourth-order valence-electron chi connectivity index (χ4n) is 10.1. The second-order valence-electron chi connectivity index (χ2n) is 16.0. The molecule has 286 valence electrons. The molecule has 0 saturated carbocycles. The van der Waals surface area contributed by atoms with Crippen LogP contribution in [0.4, 0.5) is 17.1 Å². The zero-order valence-corrected chi connectivity index (χ0v) is 34.2. The summed E-state index contributed by atoms with van der Waals surface area (Å²) in [6, 6.07) is 87.5. The number of hydrogen-bond donors (Lipinski definition) is 0. The fraction of sp³-hybridized carbons (Fsp3) is 0.0169. The first-order valence-electron chi connectivity index (χ1n) is 21.0. The quantitative estimate of drug-likeness (QED) is 0.155. The Balaban J connectivity index is 1.11. The van der Waals surface area contributed by atoms with E-state index in [1.807, 2.05) is 11.3 Å².